The number of ether oxygens (including phenoxy) is 4. The van der Waals surface area contributed by atoms with Crippen molar-refractivity contribution in [2.75, 3.05) is 27.4 Å². The number of methoxy groups -OCH3 is 1. The van der Waals surface area contributed by atoms with Gasteiger partial charge in [0.15, 0.2) is 0 Å². The van der Waals surface area contributed by atoms with Gasteiger partial charge in [-0.1, -0.05) is 0 Å². The van der Waals surface area contributed by atoms with Crippen LogP contribution in [0.15, 0.2) is 9.90 Å². The molecule has 24 heavy (non-hydrogen) atoms. The Morgan fingerprint density at radius 3 is 2.88 bits per heavy atom. The molecular formula is C14H24AlIN3O5. The summed E-state index contributed by atoms with van der Waals surface area (Å²) in [5.41, 5.74) is 3.35. The van der Waals surface area contributed by atoms with Gasteiger partial charge in [0.1, 0.15) is 0 Å². The van der Waals surface area contributed by atoms with E-state index in [0.29, 0.717) is 6.61 Å². The summed E-state index contributed by atoms with van der Waals surface area (Å²) in [5, 5.41) is 13.8. The number of hydrogen-bond acceptors (Lipinski definition) is 8. The zero-order valence-corrected chi connectivity index (χ0v) is 17.6. The molecule has 5 atom stereocenters. The van der Waals surface area contributed by atoms with Crippen molar-refractivity contribution in [3.8, 4) is 0 Å². The molecule has 0 spiro atoms. The summed E-state index contributed by atoms with van der Waals surface area (Å²) in [6.07, 6.45) is 0.866. The summed E-state index contributed by atoms with van der Waals surface area (Å²) in [5.74, 6) is -0.682. The van der Waals surface area contributed by atoms with E-state index < -0.39 is 11.9 Å². The standard InChI is InChI=1S/C14H24IN3O5.Al/c1-14(2)21-7-9-13(23-14)11(12(20-4)8(6-19)22-9)18-5-10(15)16-17(18)3;/h5,8-9,11-13,16,19H,6-7H2,1-4H3;/t8-,9-,11-,12+,13+;/m1./s1. The Morgan fingerprint density at radius 2 is 2.29 bits per heavy atom. The molecule has 3 rings (SSSR count). The molecule has 0 amide bonds. The normalized spacial score (nSPS) is 39.2. The molecule has 0 unspecified atom stereocenters. The third-order valence-electron chi connectivity index (χ3n) is 4.51. The number of aliphatic hydroxyl groups is 1. The molecule has 0 aromatic rings. The average Bonchev–Trinajstić information content (AvgIpc) is 2.93. The van der Waals surface area contributed by atoms with Gasteiger partial charge in [0, 0.05) is 0 Å². The third-order valence-corrected chi connectivity index (χ3v) is 7.27. The number of nitrogens with zero attached hydrogens (tertiary/aromatic N) is 2. The van der Waals surface area contributed by atoms with Crippen LogP contribution in [-0.4, -0.2) is 91.3 Å². The van der Waals surface area contributed by atoms with E-state index in [9.17, 15) is 5.11 Å². The van der Waals surface area contributed by atoms with Gasteiger partial charge in [-0.05, 0) is 0 Å². The van der Waals surface area contributed by atoms with E-state index in [0.717, 1.165) is 0 Å². The number of hydrogen-bond donors (Lipinski definition) is 2. The molecule has 2 fully saturated rings. The van der Waals surface area contributed by atoms with Crippen LogP contribution < -0.4 is 5.43 Å². The van der Waals surface area contributed by atoms with Crippen LogP contribution in [0.3, 0.4) is 0 Å². The molecule has 2 saturated heterocycles. The third kappa shape index (κ3) is 3.58. The summed E-state index contributed by atoms with van der Waals surface area (Å²) < 4.78 is 24.9. The number of halogens is 1. The molecule has 2 N–H and O–H groups in total. The molecule has 0 aromatic carbocycles. The fourth-order valence-electron chi connectivity index (χ4n) is 3.45. The van der Waals surface area contributed by atoms with Gasteiger partial charge >= 0.3 is 158 Å². The second-order valence-electron chi connectivity index (χ2n) is 6.48. The fourth-order valence-corrected chi connectivity index (χ4v) is 5.09. The molecular weight excluding hydrogens is 444 g/mol. The Bertz CT molecular complexity index is 523. The van der Waals surface area contributed by atoms with Crippen LogP contribution in [0.5, 0.6) is 0 Å². The van der Waals surface area contributed by atoms with Gasteiger partial charge in [0.2, 0.25) is 0 Å². The molecule has 135 valence electrons. The molecule has 3 aliphatic rings. The van der Waals surface area contributed by atoms with E-state index in [1.807, 2.05) is 26.0 Å². The first-order chi connectivity index (χ1) is 11.4. The van der Waals surface area contributed by atoms with Crippen LogP contribution in [-0.2, 0) is 18.9 Å². The van der Waals surface area contributed by atoms with Crippen LogP contribution in [0.4, 0.5) is 0 Å². The Kier molecular flexibility index (Phi) is 6.01. The number of rotatable bonds is 4. The van der Waals surface area contributed by atoms with E-state index in [1.165, 1.54) is 3.70 Å². The van der Waals surface area contributed by atoms with Gasteiger partial charge in [0.05, 0.1) is 0 Å². The molecule has 1 radical (unpaired) electrons. The van der Waals surface area contributed by atoms with Crippen LogP contribution >= 0.6 is 18.3 Å². The monoisotopic (exact) mass is 468 g/mol. The topological polar surface area (TPSA) is 75.7 Å². The molecule has 10 heteroatoms. The van der Waals surface area contributed by atoms with Crippen molar-refractivity contribution in [2.45, 2.75) is 50.1 Å². The maximum absolute atomic E-state index is 9.76. The van der Waals surface area contributed by atoms with Crippen molar-refractivity contribution in [2.24, 2.45) is 0 Å². The molecule has 0 aromatic heterocycles. The predicted molar refractivity (Wildman–Crippen MR) is 95.8 cm³/mol. The zero-order valence-electron chi connectivity index (χ0n) is 14.3. The van der Waals surface area contributed by atoms with Gasteiger partial charge in [0.25, 0.3) is 0 Å². The fraction of sp³-hybridized carbons (Fsp3) is 0.857. The van der Waals surface area contributed by atoms with E-state index in [4.69, 9.17) is 18.9 Å². The first-order valence-electron chi connectivity index (χ1n) is 7.85. The van der Waals surface area contributed by atoms with E-state index >= 15 is 0 Å². The first-order valence-corrected chi connectivity index (χ1v) is 13.1. The summed E-state index contributed by atoms with van der Waals surface area (Å²) in [4.78, 5) is 0. The predicted octanol–water partition coefficient (Wildman–Crippen LogP) is -0.199. The Morgan fingerprint density at radius 1 is 1.54 bits per heavy atom. The minimum absolute atomic E-state index is 0.111. The molecule has 3 heterocycles. The Labute approximate surface area is 157 Å². The van der Waals surface area contributed by atoms with Gasteiger partial charge in [-0.2, -0.15) is 0 Å². The number of aliphatic hydroxyl groups excluding tert-OH is 1. The van der Waals surface area contributed by atoms with Crippen molar-refractivity contribution in [3.05, 3.63) is 9.90 Å². The summed E-state index contributed by atoms with van der Waals surface area (Å²) in [6.45, 7) is 4.13. The molecule has 0 aliphatic carbocycles. The Hall–Kier alpha value is 0.362. The molecule has 3 aliphatic heterocycles. The number of fused-ring (bicyclic) bond motifs is 1. The van der Waals surface area contributed by atoms with Gasteiger partial charge in [-0.3, -0.25) is 0 Å². The van der Waals surface area contributed by atoms with Crippen LogP contribution in [0, 0.1) is 0 Å². The zero-order chi connectivity index (χ0) is 17.5. The summed E-state index contributed by atoms with van der Waals surface area (Å²) in [6, 6.07) is -0.135. The Balaban J connectivity index is 1.95. The van der Waals surface area contributed by atoms with E-state index in [1.54, 1.807) is 7.11 Å². The van der Waals surface area contributed by atoms with Gasteiger partial charge in [-0.15, -0.1) is 0 Å². The van der Waals surface area contributed by atoms with Crippen LogP contribution in [0.2, 0.25) is 0 Å². The minimum atomic E-state index is -0.682. The second kappa shape index (κ2) is 7.54. The second-order valence-corrected chi connectivity index (χ2v) is 9.73. The molecule has 0 bridgehead atoms. The summed E-state index contributed by atoms with van der Waals surface area (Å²) >= 11 is 2.67. The van der Waals surface area contributed by atoms with Crippen LogP contribution in [0.1, 0.15) is 13.8 Å². The van der Waals surface area contributed by atoms with Crippen molar-refractivity contribution < 1.29 is 24.1 Å². The maximum atomic E-state index is 9.76. The van der Waals surface area contributed by atoms with Crippen LogP contribution in [0.25, 0.3) is 0 Å². The summed E-state index contributed by atoms with van der Waals surface area (Å²) in [7, 11) is 3.61. The quantitative estimate of drug-likeness (QED) is 0.334. The van der Waals surface area contributed by atoms with Gasteiger partial charge in [-0.25, -0.2) is 0 Å². The SMILES string of the molecule is CO[C@@H]1[C@@H](N2C=C([I]=[Al])NN2C)[C@H]2OC(C)(C)OC[C@H]2O[C@@H]1CO. The average molecular weight is 468 g/mol. The van der Waals surface area contributed by atoms with Crippen molar-refractivity contribution in [1.82, 2.24) is 15.6 Å². The number of hydrazine groups is 2. The number of nitrogens with one attached hydrogen (secondary N) is 1. The van der Waals surface area contributed by atoms with Crippen molar-refractivity contribution in [3.63, 3.8) is 0 Å². The molecule has 8 nitrogen and oxygen atoms in total. The first kappa shape index (κ1) is 19.1. The van der Waals surface area contributed by atoms with Crippen molar-refractivity contribution in [1.29, 1.82) is 0 Å². The van der Waals surface area contributed by atoms with E-state index in [2.05, 4.69) is 29.1 Å². The van der Waals surface area contributed by atoms with Gasteiger partial charge < -0.3 is 0 Å². The van der Waals surface area contributed by atoms with E-state index in [-0.39, 0.29) is 49.3 Å². The van der Waals surface area contributed by atoms with Crippen molar-refractivity contribution >= 4 is 30.7 Å². The molecule has 0 saturated carbocycles.